The van der Waals surface area contributed by atoms with E-state index in [-0.39, 0.29) is 25.3 Å². The molecule has 0 bridgehead atoms. The molecule has 0 aromatic heterocycles. The predicted molar refractivity (Wildman–Crippen MR) is 30.1 cm³/mol. The molecular weight excluding hydrogens is 153 g/mol. The first-order valence-corrected chi connectivity index (χ1v) is 2.62. The summed E-state index contributed by atoms with van der Waals surface area (Å²) in [4.78, 5) is 10.3. The van der Waals surface area contributed by atoms with Gasteiger partial charge in [-0.1, -0.05) is 13.8 Å². The molecule has 0 fully saturated rings. The molecule has 44 valence electrons. The van der Waals surface area contributed by atoms with Gasteiger partial charge in [0, 0.05) is 25.9 Å². The number of rotatable bonds is 2. The molecule has 1 nitrogen and oxygen atoms in total. The number of carbonyl (C=O) groups excluding carboxylic acids is 1. The Morgan fingerprint density at radius 1 is 1.50 bits per heavy atom. The fourth-order valence-corrected chi connectivity index (χ4v) is 0.575. The summed E-state index contributed by atoms with van der Waals surface area (Å²) in [5.41, 5.74) is 0. The zero-order chi connectivity index (χ0) is 5.86. The Morgan fingerprint density at radius 3 is 1.88 bits per heavy atom. The van der Waals surface area contributed by atoms with Crippen LogP contribution in [0.15, 0.2) is 0 Å². The number of Topliss-reactive ketones (excluding diaryl/α,β-unsaturated/α-hetero) is 1. The molecule has 0 saturated carbocycles. The van der Waals surface area contributed by atoms with E-state index in [1.807, 2.05) is 13.8 Å². The van der Waals surface area contributed by atoms with Gasteiger partial charge in [0.25, 0.3) is 0 Å². The van der Waals surface area contributed by atoms with Crippen molar-refractivity contribution < 1.29 is 24.3 Å². The van der Waals surface area contributed by atoms with Crippen molar-refractivity contribution >= 4 is 5.78 Å². The predicted octanol–water partition coefficient (Wildman–Crippen LogP) is 1.62. The Balaban J connectivity index is 0. The molecule has 0 atom stereocenters. The Labute approximate surface area is 63.6 Å². The number of ketones is 1. The second-order valence-corrected chi connectivity index (χ2v) is 2.30. The van der Waals surface area contributed by atoms with Crippen LogP contribution < -0.4 is 0 Å². The summed E-state index contributed by atoms with van der Waals surface area (Å²) in [5.74, 6) is 0.813. The Hall–Kier alpha value is 0.293. The Kier molecular flexibility index (Phi) is 7.56. The van der Waals surface area contributed by atoms with Crippen molar-refractivity contribution in [3.05, 3.63) is 0 Å². The first-order valence-electron chi connectivity index (χ1n) is 2.62. The molecule has 0 heterocycles. The summed E-state index contributed by atoms with van der Waals surface area (Å²) in [6, 6.07) is 0. The molecule has 0 aromatic rings. The first-order chi connectivity index (χ1) is 3.13. The third kappa shape index (κ3) is 9.57. The molecule has 0 amide bonds. The van der Waals surface area contributed by atoms with Crippen molar-refractivity contribution in [1.29, 1.82) is 0 Å². The fraction of sp³-hybridized carbons (Fsp3) is 0.833. The third-order valence-corrected chi connectivity index (χ3v) is 0.696. The van der Waals surface area contributed by atoms with E-state index in [2.05, 4.69) is 0 Å². The molecule has 0 aliphatic heterocycles. The largest absolute Gasteiger partial charge is 0.300 e. The maximum Gasteiger partial charge on any atom is 0.130 e. The van der Waals surface area contributed by atoms with E-state index in [4.69, 9.17) is 0 Å². The van der Waals surface area contributed by atoms with Gasteiger partial charge in [-0.15, -0.1) is 0 Å². The summed E-state index contributed by atoms with van der Waals surface area (Å²) >= 11 is 0. The van der Waals surface area contributed by atoms with Gasteiger partial charge >= 0.3 is 0 Å². The van der Waals surface area contributed by atoms with E-state index in [9.17, 15) is 4.79 Å². The van der Waals surface area contributed by atoms with Gasteiger partial charge in [0.15, 0.2) is 0 Å². The van der Waals surface area contributed by atoms with Crippen molar-refractivity contribution in [2.24, 2.45) is 5.92 Å². The number of hydrogen-bond acceptors (Lipinski definition) is 1. The van der Waals surface area contributed by atoms with Crippen molar-refractivity contribution in [3.63, 3.8) is 0 Å². The quantitative estimate of drug-likeness (QED) is 0.569. The van der Waals surface area contributed by atoms with Crippen molar-refractivity contribution in [2.75, 3.05) is 0 Å². The zero-order valence-corrected chi connectivity index (χ0v) is 8.87. The van der Waals surface area contributed by atoms with Gasteiger partial charge in [-0.3, -0.25) is 0 Å². The topological polar surface area (TPSA) is 17.1 Å². The Bertz CT molecular complexity index is 68.9. The average Bonchev–Trinajstić information content (AvgIpc) is 1.27. The molecule has 8 heavy (non-hydrogen) atoms. The molecule has 0 unspecified atom stereocenters. The van der Waals surface area contributed by atoms with Gasteiger partial charge in [0.2, 0.25) is 0 Å². The van der Waals surface area contributed by atoms with Crippen LogP contribution in [0.25, 0.3) is 0 Å². The van der Waals surface area contributed by atoms with Crippen LogP contribution in [-0.2, 0) is 24.3 Å². The summed E-state index contributed by atoms with van der Waals surface area (Å²) in [6.07, 6.45) is 0.722. The summed E-state index contributed by atoms with van der Waals surface area (Å²) < 4.78 is 0. The first kappa shape index (κ1) is 11.1. The van der Waals surface area contributed by atoms with Crippen LogP contribution in [0.2, 0.25) is 0 Å². The van der Waals surface area contributed by atoms with Gasteiger partial charge in [-0.2, -0.15) is 0 Å². The number of hydrogen-bond donors (Lipinski definition) is 0. The van der Waals surface area contributed by atoms with Crippen LogP contribution >= 0.6 is 0 Å². The van der Waals surface area contributed by atoms with Crippen LogP contribution in [-0.4, -0.2) is 5.78 Å². The molecule has 0 saturated heterocycles. The SMILES string of the molecule is CC(=O)CC(C)C.[Zn]. The van der Waals surface area contributed by atoms with E-state index in [0.717, 1.165) is 6.42 Å². The minimum Gasteiger partial charge on any atom is -0.300 e. The third-order valence-electron chi connectivity index (χ3n) is 0.696. The average molecular weight is 166 g/mol. The van der Waals surface area contributed by atoms with Crippen molar-refractivity contribution in [1.82, 2.24) is 0 Å². The smallest absolute Gasteiger partial charge is 0.130 e. The standard InChI is InChI=1S/C6H12O.Zn/c1-5(2)4-6(3)7;/h5H,4H2,1-3H3;. The van der Waals surface area contributed by atoms with E-state index in [0.29, 0.717) is 5.92 Å². The normalized spacial score (nSPS) is 8.50. The van der Waals surface area contributed by atoms with Crippen LogP contribution in [0.1, 0.15) is 27.2 Å². The van der Waals surface area contributed by atoms with Crippen LogP contribution in [0.5, 0.6) is 0 Å². The maximum atomic E-state index is 10.3. The monoisotopic (exact) mass is 164 g/mol. The van der Waals surface area contributed by atoms with Crippen LogP contribution in [0, 0.1) is 5.92 Å². The second kappa shape index (κ2) is 5.43. The van der Waals surface area contributed by atoms with Crippen molar-refractivity contribution in [2.45, 2.75) is 27.2 Å². The van der Waals surface area contributed by atoms with Gasteiger partial charge in [0.1, 0.15) is 5.78 Å². The fourth-order valence-electron chi connectivity index (χ4n) is 0.575. The summed E-state index contributed by atoms with van der Waals surface area (Å²) in [6.45, 7) is 5.71. The molecule has 0 radical (unpaired) electrons. The second-order valence-electron chi connectivity index (χ2n) is 2.30. The van der Waals surface area contributed by atoms with Crippen LogP contribution in [0.4, 0.5) is 0 Å². The van der Waals surface area contributed by atoms with Gasteiger partial charge in [-0.25, -0.2) is 0 Å². The van der Waals surface area contributed by atoms with Crippen molar-refractivity contribution in [3.8, 4) is 0 Å². The van der Waals surface area contributed by atoms with E-state index >= 15 is 0 Å². The molecular formula is C6H12OZn. The molecule has 0 rings (SSSR count). The van der Waals surface area contributed by atoms with Crippen LogP contribution in [0.3, 0.4) is 0 Å². The molecule has 2 heteroatoms. The zero-order valence-electron chi connectivity index (χ0n) is 5.90. The number of carbonyl (C=O) groups is 1. The molecule has 0 aliphatic rings. The van der Waals surface area contributed by atoms with Gasteiger partial charge in [0.05, 0.1) is 0 Å². The maximum absolute atomic E-state index is 10.3. The molecule has 0 spiro atoms. The van der Waals surface area contributed by atoms with E-state index in [1.165, 1.54) is 0 Å². The molecule has 0 N–H and O–H groups in total. The minimum absolute atomic E-state index is 0. The van der Waals surface area contributed by atoms with Gasteiger partial charge < -0.3 is 4.79 Å². The minimum atomic E-state index is 0. The summed E-state index contributed by atoms with van der Waals surface area (Å²) in [5, 5.41) is 0. The summed E-state index contributed by atoms with van der Waals surface area (Å²) in [7, 11) is 0. The molecule has 0 aromatic carbocycles. The van der Waals surface area contributed by atoms with E-state index in [1.54, 1.807) is 6.92 Å². The molecule has 0 aliphatic carbocycles. The van der Waals surface area contributed by atoms with Gasteiger partial charge in [-0.05, 0) is 12.8 Å². The van der Waals surface area contributed by atoms with E-state index < -0.39 is 0 Å². The Morgan fingerprint density at radius 2 is 1.88 bits per heavy atom.